The van der Waals surface area contributed by atoms with E-state index in [1.54, 1.807) is 0 Å². The molecule has 0 saturated heterocycles. The van der Waals surface area contributed by atoms with Crippen LogP contribution in [0.2, 0.25) is 0 Å². The van der Waals surface area contributed by atoms with Gasteiger partial charge in [0.05, 0.1) is 7.11 Å². The largest absolute Gasteiger partial charge is 0.468 e. The highest BCUT2D eigenvalue weighted by Gasteiger charge is 2.30. The molecule has 1 saturated carbocycles. The molecule has 1 fully saturated rings. The molecule has 20 heavy (non-hydrogen) atoms. The maximum atomic E-state index is 11.8. The van der Waals surface area contributed by atoms with Gasteiger partial charge in [-0.25, -0.2) is 0 Å². The molecule has 0 heterocycles. The van der Waals surface area contributed by atoms with Gasteiger partial charge in [0.15, 0.2) is 0 Å². The van der Waals surface area contributed by atoms with Crippen molar-refractivity contribution in [3.05, 3.63) is 0 Å². The monoisotopic (exact) mass is 284 g/mol. The summed E-state index contributed by atoms with van der Waals surface area (Å²) < 4.78 is 4.90. The first-order valence-electron chi connectivity index (χ1n) is 7.91. The number of methoxy groups -OCH3 is 1. The van der Waals surface area contributed by atoms with E-state index in [0.29, 0.717) is 11.5 Å². The van der Waals surface area contributed by atoms with Crippen molar-refractivity contribution in [1.82, 2.24) is 10.2 Å². The SMILES string of the molecule is CCCNC(CN(C)C1CCC(C)(C)CC1)C(=O)OC. The zero-order valence-corrected chi connectivity index (χ0v) is 13.9. The fraction of sp³-hybridized carbons (Fsp3) is 0.938. The molecule has 4 nitrogen and oxygen atoms in total. The Morgan fingerprint density at radius 2 is 2.00 bits per heavy atom. The Hall–Kier alpha value is -0.610. The summed E-state index contributed by atoms with van der Waals surface area (Å²) in [7, 11) is 3.60. The van der Waals surface area contributed by atoms with Crippen LogP contribution >= 0.6 is 0 Å². The standard InChI is InChI=1S/C16H32N2O2/c1-6-11-17-14(15(19)20-5)12-18(4)13-7-9-16(2,3)10-8-13/h13-14,17H,6-12H2,1-5H3. The summed E-state index contributed by atoms with van der Waals surface area (Å²) in [4.78, 5) is 14.2. The zero-order valence-electron chi connectivity index (χ0n) is 13.9. The van der Waals surface area contributed by atoms with Crippen LogP contribution in [-0.4, -0.2) is 50.2 Å². The highest BCUT2D eigenvalue weighted by atomic mass is 16.5. The van der Waals surface area contributed by atoms with Crippen LogP contribution in [0.3, 0.4) is 0 Å². The van der Waals surface area contributed by atoms with Crippen molar-refractivity contribution in [3.8, 4) is 0 Å². The molecule has 1 rings (SSSR count). The summed E-state index contributed by atoms with van der Waals surface area (Å²) in [6.45, 7) is 8.39. The lowest BCUT2D eigenvalue weighted by Crippen LogP contribution is -2.49. The number of carbonyl (C=O) groups excluding carboxylic acids is 1. The summed E-state index contributed by atoms with van der Waals surface area (Å²) in [6, 6.07) is 0.387. The van der Waals surface area contributed by atoms with Gasteiger partial charge in [0.2, 0.25) is 0 Å². The van der Waals surface area contributed by atoms with Gasteiger partial charge in [-0.3, -0.25) is 4.79 Å². The van der Waals surface area contributed by atoms with E-state index in [1.807, 2.05) is 0 Å². The van der Waals surface area contributed by atoms with E-state index in [9.17, 15) is 4.79 Å². The number of esters is 1. The Bertz CT molecular complexity index is 295. The second kappa shape index (κ2) is 7.99. The van der Waals surface area contributed by atoms with Crippen LogP contribution in [0.15, 0.2) is 0 Å². The highest BCUT2D eigenvalue weighted by Crippen LogP contribution is 2.36. The minimum atomic E-state index is -0.208. The third kappa shape index (κ3) is 5.41. The molecule has 0 aliphatic heterocycles. The number of likely N-dealkylation sites (N-methyl/N-ethyl adjacent to an activating group) is 1. The Balaban J connectivity index is 2.48. The molecule has 0 aromatic heterocycles. The fourth-order valence-electron chi connectivity index (χ4n) is 2.95. The second-order valence-corrected chi connectivity index (χ2v) is 6.86. The lowest BCUT2D eigenvalue weighted by atomic mass is 9.75. The molecule has 1 N–H and O–H groups in total. The summed E-state index contributed by atoms with van der Waals surface area (Å²) in [6.07, 6.45) is 6.02. The number of ether oxygens (including phenoxy) is 1. The van der Waals surface area contributed by atoms with Crippen LogP contribution in [0.1, 0.15) is 52.9 Å². The number of hydrogen-bond acceptors (Lipinski definition) is 4. The maximum Gasteiger partial charge on any atom is 0.324 e. The predicted octanol–water partition coefficient (Wildman–Crippen LogP) is 2.43. The maximum absolute atomic E-state index is 11.8. The number of hydrogen-bond donors (Lipinski definition) is 1. The first-order valence-corrected chi connectivity index (χ1v) is 7.91. The molecule has 1 aliphatic carbocycles. The van der Waals surface area contributed by atoms with E-state index in [2.05, 4.69) is 38.0 Å². The van der Waals surface area contributed by atoms with Crippen molar-refractivity contribution in [3.63, 3.8) is 0 Å². The van der Waals surface area contributed by atoms with Gasteiger partial charge in [-0.05, 0) is 51.1 Å². The van der Waals surface area contributed by atoms with E-state index in [4.69, 9.17) is 4.74 Å². The average Bonchev–Trinajstić information content (AvgIpc) is 2.42. The topological polar surface area (TPSA) is 41.6 Å². The van der Waals surface area contributed by atoms with Crippen LogP contribution < -0.4 is 5.32 Å². The number of carbonyl (C=O) groups is 1. The summed E-state index contributed by atoms with van der Waals surface area (Å²) in [5, 5.41) is 3.29. The van der Waals surface area contributed by atoms with E-state index in [-0.39, 0.29) is 12.0 Å². The lowest BCUT2D eigenvalue weighted by molar-refractivity contribution is -0.143. The normalized spacial score (nSPS) is 20.9. The molecule has 118 valence electrons. The van der Waals surface area contributed by atoms with Crippen molar-refractivity contribution in [2.75, 3.05) is 27.2 Å². The molecular weight excluding hydrogens is 252 g/mol. The predicted molar refractivity (Wildman–Crippen MR) is 82.8 cm³/mol. The third-order valence-corrected chi connectivity index (χ3v) is 4.53. The van der Waals surface area contributed by atoms with Gasteiger partial charge in [-0.1, -0.05) is 20.8 Å². The summed E-state index contributed by atoms with van der Waals surface area (Å²) in [5.41, 5.74) is 0.486. The van der Waals surface area contributed by atoms with Gasteiger partial charge < -0.3 is 15.0 Å². The van der Waals surface area contributed by atoms with Crippen LogP contribution in [0.5, 0.6) is 0 Å². The van der Waals surface area contributed by atoms with Crippen molar-refractivity contribution in [2.24, 2.45) is 5.41 Å². The minimum absolute atomic E-state index is 0.151. The second-order valence-electron chi connectivity index (χ2n) is 6.86. The Morgan fingerprint density at radius 1 is 1.40 bits per heavy atom. The number of rotatable bonds is 7. The molecule has 1 unspecified atom stereocenters. The first-order chi connectivity index (χ1) is 9.39. The van der Waals surface area contributed by atoms with Crippen molar-refractivity contribution in [2.45, 2.75) is 65.0 Å². The van der Waals surface area contributed by atoms with E-state index in [0.717, 1.165) is 19.5 Å². The molecule has 0 bridgehead atoms. The van der Waals surface area contributed by atoms with Crippen LogP contribution in [-0.2, 0) is 9.53 Å². The van der Waals surface area contributed by atoms with E-state index >= 15 is 0 Å². The smallest absolute Gasteiger partial charge is 0.324 e. The van der Waals surface area contributed by atoms with Gasteiger partial charge in [0, 0.05) is 12.6 Å². The molecule has 0 aromatic carbocycles. The van der Waals surface area contributed by atoms with Gasteiger partial charge >= 0.3 is 5.97 Å². The number of nitrogens with one attached hydrogen (secondary N) is 1. The van der Waals surface area contributed by atoms with Crippen molar-refractivity contribution >= 4 is 5.97 Å². The average molecular weight is 284 g/mol. The van der Waals surface area contributed by atoms with Gasteiger partial charge in [-0.15, -0.1) is 0 Å². The van der Waals surface area contributed by atoms with Crippen LogP contribution in [0.25, 0.3) is 0 Å². The Labute approximate surface area is 124 Å². The third-order valence-electron chi connectivity index (χ3n) is 4.53. The first kappa shape index (κ1) is 17.4. The lowest BCUT2D eigenvalue weighted by Gasteiger charge is -2.39. The minimum Gasteiger partial charge on any atom is -0.468 e. The fourth-order valence-corrected chi connectivity index (χ4v) is 2.95. The highest BCUT2D eigenvalue weighted by molar-refractivity contribution is 5.75. The molecule has 0 aromatic rings. The van der Waals surface area contributed by atoms with Crippen molar-refractivity contribution in [1.29, 1.82) is 0 Å². The summed E-state index contributed by atoms with van der Waals surface area (Å²) >= 11 is 0. The van der Waals surface area contributed by atoms with Crippen LogP contribution in [0, 0.1) is 5.41 Å². The molecule has 0 radical (unpaired) electrons. The quantitative estimate of drug-likeness (QED) is 0.729. The zero-order chi connectivity index (χ0) is 15.2. The van der Waals surface area contributed by atoms with Gasteiger partial charge in [0.1, 0.15) is 6.04 Å². The molecular formula is C16H32N2O2. The van der Waals surface area contributed by atoms with E-state index < -0.39 is 0 Å². The summed E-state index contributed by atoms with van der Waals surface area (Å²) in [5.74, 6) is -0.151. The van der Waals surface area contributed by atoms with E-state index in [1.165, 1.54) is 32.8 Å². The Kier molecular flexibility index (Phi) is 6.96. The van der Waals surface area contributed by atoms with Gasteiger partial charge in [0.25, 0.3) is 0 Å². The molecule has 0 amide bonds. The van der Waals surface area contributed by atoms with Crippen LogP contribution in [0.4, 0.5) is 0 Å². The molecule has 1 aliphatic rings. The molecule has 0 spiro atoms. The number of nitrogens with zero attached hydrogens (tertiary/aromatic N) is 1. The van der Waals surface area contributed by atoms with Gasteiger partial charge in [-0.2, -0.15) is 0 Å². The molecule has 1 atom stereocenters. The Morgan fingerprint density at radius 3 is 2.50 bits per heavy atom. The molecule has 4 heteroatoms. The van der Waals surface area contributed by atoms with Crippen molar-refractivity contribution < 1.29 is 9.53 Å².